The Labute approximate surface area is 434 Å². The van der Waals surface area contributed by atoms with E-state index in [0.29, 0.717) is 0 Å². The van der Waals surface area contributed by atoms with Crippen molar-refractivity contribution in [1.82, 2.24) is 4.57 Å². The monoisotopic (exact) mass is 946 g/mol. The molecule has 12 aromatic rings. The molecule has 0 fully saturated rings. The minimum atomic E-state index is -0.273. The van der Waals surface area contributed by atoms with E-state index in [0.717, 1.165) is 23.5 Å². The Morgan fingerprint density at radius 3 is 1.47 bits per heavy atom. The number of fused-ring (bicyclic) bond motifs is 5. The van der Waals surface area contributed by atoms with Crippen molar-refractivity contribution >= 4 is 50.5 Å². The van der Waals surface area contributed by atoms with Crippen molar-refractivity contribution in [3.05, 3.63) is 301 Å². The average Bonchev–Trinajstić information content (AvgIpc) is 3.84. The second-order valence-electron chi connectivity index (χ2n) is 20.2. The van der Waals surface area contributed by atoms with Crippen molar-refractivity contribution < 1.29 is 0 Å². The van der Waals surface area contributed by atoms with E-state index in [2.05, 4.69) is 302 Å². The van der Waals surface area contributed by atoms with Gasteiger partial charge < -0.3 is 9.47 Å². The van der Waals surface area contributed by atoms with Crippen LogP contribution in [0.15, 0.2) is 273 Å². The fourth-order valence-electron chi connectivity index (χ4n) is 11.5. The van der Waals surface area contributed by atoms with Gasteiger partial charge in [-0.05, 0) is 151 Å². The SMILES string of the molecule is CC1(C)c2ccccc2-n2c3ccc(N(c4cccc(-c5ccccc5)c4)c4cccc(-c5ccccc5)c4)cc3c3cc(C=C(Cc4cccc(-c5ccccc5)c4)c4cccc(-c5ccccc5)c4)cc1c32. The smallest absolute Gasteiger partial charge is 0.0582 e. The number of anilines is 3. The molecule has 0 saturated carbocycles. The summed E-state index contributed by atoms with van der Waals surface area (Å²) in [4.78, 5) is 2.44. The van der Waals surface area contributed by atoms with Crippen LogP contribution in [0.2, 0.25) is 0 Å². The van der Waals surface area contributed by atoms with Crippen LogP contribution < -0.4 is 4.90 Å². The minimum absolute atomic E-state index is 0.273. The lowest BCUT2D eigenvalue weighted by Crippen LogP contribution is -2.26. The molecule has 74 heavy (non-hydrogen) atoms. The van der Waals surface area contributed by atoms with Gasteiger partial charge in [0.1, 0.15) is 0 Å². The number of aromatic nitrogens is 1. The van der Waals surface area contributed by atoms with Crippen LogP contribution in [0, 0.1) is 0 Å². The van der Waals surface area contributed by atoms with E-state index >= 15 is 0 Å². The van der Waals surface area contributed by atoms with Crippen LogP contribution in [0.25, 0.3) is 83.6 Å². The van der Waals surface area contributed by atoms with E-state index in [1.807, 2.05) is 0 Å². The average molecular weight is 947 g/mol. The molecule has 352 valence electrons. The van der Waals surface area contributed by atoms with Gasteiger partial charge in [0.15, 0.2) is 0 Å². The van der Waals surface area contributed by atoms with Crippen molar-refractivity contribution in [1.29, 1.82) is 0 Å². The van der Waals surface area contributed by atoms with Gasteiger partial charge in [0.05, 0.1) is 16.7 Å². The summed E-state index contributed by atoms with van der Waals surface area (Å²) in [5, 5.41) is 2.46. The van der Waals surface area contributed by atoms with Crippen LogP contribution in [0.3, 0.4) is 0 Å². The van der Waals surface area contributed by atoms with Crippen molar-refractivity contribution in [2.75, 3.05) is 4.90 Å². The third kappa shape index (κ3) is 8.21. The maximum Gasteiger partial charge on any atom is 0.0582 e. The summed E-state index contributed by atoms with van der Waals surface area (Å²) in [6.07, 6.45) is 3.23. The lowest BCUT2D eigenvalue weighted by atomic mass is 9.74. The highest BCUT2D eigenvalue weighted by atomic mass is 15.1. The largest absolute Gasteiger partial charge is 0.310 e. The molecule has 0 unspecified atom stereocenters. The quantitative estimate of drug-likeness (QED) is 0.117. The zero-order chi connectivity index (χ0) is 49.6. The van der Waals surface area contributed by atoms with Crippen LogP contribution in [0.4, 0.5) is 17.1 Å². The Hall–Kier alpha value is -9.24. The van der Waals surface area contributed by atoms with E-state index in [1.54, 1.807) is 0 Å². The fraction of sp³-hybridized carbons (Fsp3) is 0.0556. The normalized spacial score (nSPS) is 12.7. The molecule has 11 aromatic carbocycles. The topological polar surface area (TPSA) is 8.17 Å². The van der Waals surface area contributed by atoms with E-state index in [4.69, 9.17) is 0 Å². The van der Waals surface area contributed by atoms with Crippen LogP contribution in [0.1, 0.15) is 41.7 Å². The molecule has 0 spiro atoms. The number of para-hydroxylation sites is 1. The summed E-state index contributed by atoms with van der Waals surface area (Å²) >= 11 is 0. The molecule has 1 aromatic heterocycles. The molecule has 1 aliphatic heterocycles. The number of allylic oxidation sites excluding steroid dienone is 1. The first-order valence-electron chi connectivity index (χ1n) is 25.8. The highest BCUT2D eigenvalue weighted by Crippen LogP contribution is 2.50. The number of rotatable bonds is 11. The molecule has 13 rings (SSSR count). The van der Waals surface area contributed by atoms with E-state index < -0.39 is 0 Å². The number of hydrogen-bond acceptors (Lipinski definition) is 1. The van der Waals surface area contributed by atoms with Crippen molar-refractivity contribution in [2.24, 2.45) is 0 Å². The molecule has 0 N–H and O–H groups in total. The molecule has 1 aliphatic rings. The molecule has 0 saturated heterocycles. The first-order valence-corrected chi connectivity index (χ1v) is 25.8. The van der Waals surface area contributed by atoms with Gasteiger partial charge in [-0.1, -0.05) is 226 Å². The minimum Gasteiger partial charge on any atom is -0.310 e. The summed E-state index contributed by atoms with van der Waals surface area (Å²) in [6.45, 7) is 4.81. The summed E-state index contributed by atoms with van der Waals surface area (Å²) in [5.41, 5.74) is 23.9. The van der Waals surface area contributed by atoms with Gasteiger partial charge in [0.25, 0.3) is 0 Å². The van der Waals surface area contributed by atoms with Gasteiger partial charge >= 0.3 is 0 Å². The van der Waals surface area contributed by atoms with E-state index in [1.165, 1.54) is 105 Å². The highest BCUT2D eigenvalue weighted by Gasteiger charge is 2.35. The van der Waals surface area contributed by atoms with Gasteiger partial charge in [-0.3, -0.25) is 0 Å². The van der Waals surface area contributed by atoms with Crippen molar-refractivity contribution in [3.63, 3.8) is 0 Å². The zero-order valence-corrected chi connectivity index (χ0v) is 41.7. The maximum absolute atomic E-state index is 2.54. The Morgan fingerprint density at radius 2 is 0.878 bits per heavy atom. The van der Waals surface area contributed by atoms with Crippen LogP contribution in [0.5, 0.6) is 0 Å². The van der Waals surface area contributed by atoms with Gasteiger partial charge in [0.2, 0.25) is 0 Å². The summed E-state index contributed by atoms with van der Waals surface area (Å²) < 4.78 is 2.54. The molecular weight excluding hydrogens is 893 g/mol. The second-order valence-corrected chi connectivity index (χ2v) is 20.2. The van der Waals surface area contributed by atoms with Gasteiger partial charge in [-0.15, -0.1) is 0 Å². The lowest BCUT2D eigenvalue weighted by molar-refractivity contribution is 0.630. The first-order chi connectivity index (χ1) is 36.4. The molecule has 0 atom stereocenters. The second kappa shape index (κ2) is 18.7. The van der Waals surface area contributed by atoms with Gasteiger partial charge in [-0.2, -0.15) is 0 Å². The molecule has 0 bridgehead atoms. The van der Waals surface area contributed by atoms with Gasteiger partial charge in [0, 0.05) is 33.2 Å². The summed E-state index contributed by atoms with van der Waals surface area (Å²) in [7, 11) is 0. The van der Waals surface area contributed by atoms with Crippen molar-refractivity contribution in [3.8, 4) is 50.2 Å². The Kier molecular flexibility index (Phi) is 11.3. The molecule has 0 aliphatic carbocycles. The Morgan fingerprint density at radius 1 is 0.392 bits per heavy atom. The Balaban J connectivity index is 1.03. The highest BCUT2D eigenvalue weighted by molar-refractivity contribution is 6.14. The third-order valence-electron chi connectivity index (χ3n) is 15.1. The standard InChI is InChI=1S/C72H54N2/c1-72(2)67-37-15-16-38-70(67)74-69-40-39-64(73(62-35-19-33-59(47-62)54-26-11-5-12-27-54)63-36-20-34-60(48-63)55-28-13-6-14-29-55)49-65(69)66-44-51(45-68(72)71(66)74)43-61(58-32-18-31-57(46-58)53-24-9-4-10-25-53)42-50-21-17-30-56(41-50)52-22-7-3-8-23-52/h3-41,43-49H,42H2,1-2H3. The lowest BCUT2D eigenvalue weighted by Gasteiger charge is -2.35. The Bertz CT molecular complexity index is 3970. The van der Waals surface area contributed by atoms with E-state index in [-0.39, 0.29) is 5.41 Å². The predicted molar refractivity (Wildman–Crippen MR) is 314 cm³/mol. The first kappa shape index (κ1) is 44.7. The third-order valence-corrected chi connectivity index (χ3v) is 15.1. The van der Waals surface area contributed by atoms with Gasteiger partial charge in [-0.25, -0.2) is 0 Å². The predicted octanol–water partition coefficient (Wildman–Crippen LogP) is 19.3. The van der Waals surface area contributed by atoms with Crippen LogP contribution >= 0.6 is 0 Å². The van der Waals surface area contributed by atoms with Crippen molar-refractivity contribution in [2.45, 2.75) is 25.7 Å². The summed E-state index contributed by atoms with van der Waals surface area (Å²) in [6, 6.07) is 100. The molecule has 2 heteroatoms. The molecule has 2 nitrogen and oxygen atoms in total. The number of nitrogens with zero attached hydrogens (tertiary/aromatic N) is 2. The van der Waals surface area contributed by atoms with E-state index in [9.17, 15) is 0 Å². The molecule has 0 radical (unpaired) electrons. The maximum atomic E-state index is 2.54. The molecular formula is C72H54N2. The fourth-order valence-corrected chi connectivity index (χ4v) is 11.5. The van der Waals surface area contributed by atoms with Crippen LogP contribution in [-0.2, 0) is 11.8 Å². The number of benzene rings is 11. The number of hydrogen-bond donors (Lipinski definition) is 0. The molecule has 0 amide bonds. The van der Waals surface area contributed by atoms with Crippen LogP contribution in [-0.4, -0.2) is 4.57 Å². The zero-order valence-electron chi connectivity index (χ0n) is 41.7. The summed E-state index contributed by atoms with van der Waals surface area (Å²) in [5.74, 6) is 0. The molecule has 2 heterocycles.